The van der Waals surface area contributed by atoms with Gasteiger partial charge in [-0.2, -0.15) is 0 Å². The smallest absolute Gasteiger partial charge is 0.251 e. The summed E-state index contributed by atoms with van der Waals surface area (Å²) < 4.78 is 6.30. The number of nitrogens with zero attached hydrogens (tertiary/aromatic N) is 1. The molecule has 1 atom stereocenters. The summed E-state index contributed by atoms with van der Waals surface area (Å²) >= 11 is 0. The summed E-state index contributed by atoms with van der Waals surface area (Å²) in [6.07, 6.45) is 3.20. The Morgan fingerprint density at radius 1 is 1.12 bits per heavy atom. The van der Waals surface area contributed by atoms with E-state index in [1.54, 1.807) is 0 Å². The second-order valence-electron chi connectivity index (χ2n) is 9.36. The SMILES string of the molecule is Cc1ccc2c(OCCC(c3cccc(C(=O)NC(C)C)c3)C3CCNCC3)cccc2n1. The minimum atomic E-state index is -0.00860. The number of amides is 1. The van der Waals surface area contributed by atoms with Crippen LogP contribution in [-0.2, 0) is 0 Å². The van der Waals surface area contributed by atoms with Gasteiger partial charge in [0.25, 0.3) is 5.91 Å². The van der Waals surface area contributed by atoms with Gasteiger partial charge in [0.1, 0.15) is 5.75 Å². The van der Waals surface area contributed by atoms with Crippen LogP contribution in [0.1, 0.15) is 60.6 Å². The molecule has 3 aromatic rings. The quantitative estimate of drug-likeness (QED) is 0.498. The van der Waals surface area contributed by atoms with Crippen LogP contribution in [0.5, 0.6) is 5.75 Å². The van der Waals surface area contributed by atoms with Crippen LogP contribution in [0.25, 0.3) is 10.9 Å². The van der Waals surface area contributed by atoms with Gasteiger partial charge in [0.05, 0.1) is 12.1 Å². The molecule has 2 aromatic carbocycles. The number of ether oxygens (including phenoxy) is 1. The first-order valence-electron chi connectivity index (χ1n) is 12.1. The van der Waals surface area contributed by atoms with Crippen molar-refractivity contribution in [2.75, 3.05) is 19.7 Å². The lowest BCUT2D eigenvalue weighted by atomic mass is 9.78. The number of hydrogen-bond acceptors (Lipinski definition) is 4. The molecule has 1 aromatic heterocycles. The van der Waals surface area contributed by atoms with E-state index in [1.807, 2.05) is 57.2 Å². The highest BCUT2D eigenvalue weighted by Crippen LogP contribution is 2.35. The fourth-order valence-corrected chi connectivity index (χ4v) is 4.83. The number of rotatable bonds is 8. The van der Waals surface area contributed by atoms with Gasteiger partial charge in [-0.25, -0.2) is 0 Å². The number of carbonyl (C=O) groups is 1. The molecule has 0 saturated carbocycles. The number of nitrogens with one attached hydrogen (secondary N) is 2. The molecule has 2 N–H and O–H groups in total. The number of pyridine rings is 1. The van der Waals surface area contributed by atoms with E-state index in [-0.39, 0.29) is 11.9 Å². The Kier molecular flexibility index (Phi) is 7.61. The van der Waals surface area contributed by atoms with Crippen LogP contribution in [0.15, 0.2) is 54.6 Å². The molecule has 1 saturated heterocycles. The molecule has 2 heterocycles. The van der Waals surface area contributed by atoms with Crippen molar-refractivity contribution >= 4 is 16.8 Å². The molecule has 0 aliphatic carbocycles. The van der Waals surface area contributed by atoms with Gasteiger partial charge in [0.15, 0.2) is 0 Å². The molecule has 1 fully saturated rings. The molecule has 0 spiro atoms. The summed E-state index contributed by atoms with van der Waals surface area (Å²) in [6, 6.07) is 18.5. The molecule has 1 aliphatic rings. The van der Waals surface area contributed by atoms with Crippen molar-refractivity contribution in [3.8, 4) is 5.75 Å². The van der Waals surface area contributed by atoms with Crippen LogP contribution < -0.4 is 15.4 Å². The van der Waals surface area contributed by atoms with Gasteiger partial charge >= 0.3 is 0 Å². The van der Waals surface area contributed by atoms with E-state index < -0.39 is 0 Å². The number of aromatic nitrogens is 1. The molecular formula is C28H35N3O2. The number of benzene rings is 2. The lowest BCUT2D eigenvalue weighted by Gasteiger charge is -2.31. The standard InChI is InChI=1S/C28H35N3O2/c1-19(2)30-28(32)23-7-4-6-22(18-23)24(21-12-15-29-16-13-21)14-17-33-27-9-5-8-26-25(27)11-10-20(3)31-26/h4-11,18-19,21,24,29H,12-17H2,1-3H3,(H,30,32). The Balaban J connectivity index is 1.52. The topological polar surface area (TPSA) is 63.2 Å². The fraction of sp³-hybridized carbons (Fsp3) is 0.429. The van der Waals surface area contributed by atoms with E-state index in [4.69, 9.17) is 4.74 Å². The molecule has 0 bridgehead atoms. The first kappa shape index (κ1) is 23.2. The number of piperidine rings is 1. The summed E-state index contributed by atoms with van der Waals surface area (Å²) in [7, 11) is 0. The van der Waals surface area contributed by atoms with Crippen molar-refractivity contribution in [2.45, 2.75) is 52.0 Å². The Morgan fingerprint density at radius 2 is 1.91 bits per heavy atom. The van der Waals surface area contributed by atoms with Crippen LogP contribution in [0.4, 0.5) is 0 Å². The number of fused-ring (bicyclic) bond motifs is 1. The molecule has 1 aliphatic heterocycles. The molecule has 0 radical (unpaired) electrons. The summed E-state index contributed by atoms with van der Waals surface area (Å²) in [5.41, 5.74) is 3.94. The number of carbonyl (C=O) groups excluding carboxylic acids is 1. The van der Waals surface area contributed by atoms with E-state index >= 15 is 0 Å². The molecule has 5 nitrogen and oxygen atoms in total. The lowest BCUT2D eigenvalue weighted by Crippen LogP contribution is -2.32. The average Bonchev–Trinajstić information content (AvgIpc) is 2.82. The maximum atomic E-state index is 12.6. The zero-order chi connectivity index (χ0) is 23.2. The van der Waals surface area contributed by atoms with Crippen LogP contribution in [0, 0.1) is 12.8 Å². The van der Waals surface area contributed by atoms with Gasteiger partial charge in [-0.3, -0.25) is 9.78 Å². The highest BCUT2D eigenvalue weighted by molar-refractivity contribution is 5.94. The Hall–Kier alpha value is -2.92. The van der Waals surface area contributed by atoms with Gasteiger partial charge in [-0.05, 0) is 107 Å². The molecule has 33 heavy (non-hydrogen) atoms. The lowest BCUT2D eigenvalue weighted by molar-refractivity contribution is 0.0943. The predicted octanol–water partition coefficient (Wildman–Crippen LogP) is 5.23. The van der Waals surface area contributed by atoms with E-state index in [1.165, 1.54) is 5.56 Å². The third-order valence-corrected chi connectivity index (χ3v) is 6.47. The van der Waals surface area contributed by atoms with Crippen LogP contribution in [-0.4, -0.2) is 36.6 Å². The van der Waals surface area contributed by atoms with Crippen molar-refractivity contribution in [2.24, 2.45) is 5.92 Å². The summed E-state index contributed by atoms with van der Waals surface area (Å²) in [5, 5.41) is 7.54. The molecule has 4 rings (SSSR count). The van der Waals surface area contributed by atoms with Crippen molar-refractivity contribution in [3.05, 3.63) is 71.4 Å². The minimum Gasteiger partial charge on any atom is -0.493 e. The van der Waals surface area contributed by atoms with Crippen molar-refractivity contribution in [3.63, 3.8) is 0 Å². The third-order valence-electron chi connectivity index (χ3n) is 6.47. The second-order valence-corrected chi connectivity index (χ2v) is 9.36. The van der Waals surface area contributed by atoms with Crippen molar-refractivity contribution < 1.29 is 9.53 Å². The van der Waals surface area contributed by atoms with Gasteiger partial charge < -0.3 is 15.4 Å². The van der Waals surface area contributed by atoms with E-state index in [0.717, 1.165) is 60.3 Å². The monoisotopic (exact) mass is 445 g/mol. The van der Waals surface area contributed by atoms with Gasteiger partial charge in [-0.15, -0.1) is 0 Å². The van der Waals surface area contributed by atoms with Crippen LogP contribution in [0.3, 0.4) is 0 Å². The van der Waals surface area contributed by atoms with Crippen LogP contribution >= 0.6 is 0 Å². The molecule has 5 heteroatoms. The van der Waals surface area contributed by atoms with E-state index in [0.29, 0.717) is 18.4 Å². The Labute approximate surface area is 197 Å². The summed E-state index contributed by atoms with van der Waals surface area (Å²) in [4.78, 5) is 17.2. The highest BCUT2D eigenvalue weighted by atomic mass is 16.5. The predicted molar refractivity (Wildman–Crippen MR) is 134 cm³/mol. The van der Waals surface area contributed by atoms with Gasteiger partial charge in [0.2, 0.25) is 0 Å². The third kappa shape index (κ3) is 5.91. The molecule has 1 unspecified atom stereocenters. The number of hydrogen-bond donors (Lipinski definition) is 2. The Bertz CT molecular complexity index is 1090. The first-order valence-corrected chi connectivity index (χ1v) is 12.1. The highest BCUT2D eigenvalue weighted by Gasteiger charge is 2.26. The zero-order valence-electron chi connectivity index (χ0n) is 19.9. The Morgan fingerprint density at radius 3 is 2.70 bits per heavy atom. The van der Waals surface area contributed by atoms with Crippen molar-refractivity contribution in [1.29, 1.82) is 0 Å². The molecular weight excluding hydrogens is 410 g/mol. The average molecular weight is 446 g/mol. The maximum Gasteiger partial charge on any atom is 0.251 e. The first-order chi connectivity index (χ1) is 16.0. The van der Waals surface area contributed by atoms with E-state index in [9.17, 15) is 4.79 Å². The largest absolute Gasteiger partial charge is 0.493 e. The van der Waals surface area contributed by atoms with Gasteiger partial charge in [0, 0.05) is 22.7 Å². The maximum absolute atomic E-state index is 12.6. The fourth-order valence-electron chi connectivity index (χ4n) is 4.83. The van der Waals surface area contributed by atoms with Crippen molar-refractivity contribution in [1.82, 2.24) is 15.6 Å². The zero-order valence-corrected chi connectivity index (χ0v) is 19.9. The van der Waals surface area contributed by atoms with E-state index in [2.05, 4.69) is 33.8 Å². The second kappa shape index (κ2) is 10.8. The number of aryl methyl sites for hydroxylation is 1. The van der Waals surface area contributed by atoms with Gasteiger partial charge in [-0.1, -0.05) is 18.2 Å². The van der Waals surface area contributed by atoms with Crippen LogP contribution in [0.2, 0.25) is 0 Å². The molecule has 1 amide bonds. The summed E-state index contributed by atoms with van der Waals surface area (Å²) in [5.74, 6) is 1.81. The minimum absolute atomic E-state index is 0.00860. The molecule has 174 valence electrons. The summed E-state index contributed by atoms with van der Waals surface area (Å²) in [6.45, 7) is 8.70. The normalized spacial score (nSPS) is 15.5.